The fourth-order valence-electron chi connectivity index (χ4n) is 1.30. The Morgan fingerprint density at radius 3 is 2.87 bits per heavy atom. The molecule has 1 heterocycles. The first-order chi connectivity index (χ1) is 7.29. The van der Waals surface area contributed by atoms with Crippen LogP contribution in [0.1, 0.15) is 26.2 Å². The van der Waals surface area contributed by atoms with Crippen LogP contribution in [0.2, 0.25) is 0 Å². The summed E-state index contributed by atoms with van der Waals surface area (Å²) in [6.45, 7) is 3.05. The van der Waals surface area contributed by atoms with Crippen LogP contribution in [0.15, 0.2) is 6.33 Å². The molecule has 0 radical (unpaired) electrons. The van der Waals surface area contributed by atoms with Crippen LogP contribution in [0, 0.1) is 0 Å². The summed E-state index contributed by atoms with van der Waals surface area (Å²) in [6, 6.07) is 0. The zero-order valence-electron chi connectivity index (χ0n) is 9.29. The number of nitrogen functional groups attached to an aromatic ring is 1. The average Bonchev–Trinajstić information content (AvgIpc) is 2.24. The summed E-state index contributed by atoms with van der Waals surface area (Å²) in [7, 11) is 1.56. The summed E-state index contributed by atoms with van der Waals surface area (Å²) >= 11 is 0. The largest absolute Gasteiger partial charge is 0.490 e. The monoisotopic (exact) mass is 210 g/mol. The topological polar surface area (TPSA) is 73.1 Å². The Kier molecular flexibility index (Phi) is 4.66. The standard InChI is InChI=1S/C10H18N4O/c1-3-4-5-6-12-10-8(15-2)9(11)13-7-14-10/h7H,3-6H2,1-2H3,(H3,11,12,13,14). The van der Waals surface area contributed by atoms with Gasteiger partial charge in [-0.1, -0.05) is 19.8 Å². The number of anilines is 2. The van der Waals surface area contributed by atoms with Gasteiger partial charge in [0.25, 0.3) is 0 Å². The molecule has 1 rings (SSSR count). The van der Waals surface area contributed by atoms with E-state index < -0.39 is 0 Å². The summed E-state index contributed by atoms with van der Waals surface area (Å²) in [5.41, 5.74) is 5.65. The van der Waals surface area contributed by atoms with Crippen LogP contribution in [-0.4, -0.2) is 23.6 Å². The molecule has 3 N–H and O–H groups in total. The quantitative estimate of drug-likeness (QED) is 0.699. The molecule has 15 heavy (non-hydrogen) atoms. The third-order valence-corrected chi connectivity index (χ3v) is 2.11. The highest BCUT2D eigenvalue weighted by molar-refractivity contribution is 5.61. The molecule has 0 aromatic carbocycles. The molecule has 1 aromatic heterocycles. The van der Waals surface area contributed by atoms with E-state index in [1.54, 1.807) is 7.11 Å². The number of rotatable bonds is 6. The Hall–Kier alpha value is -1.52. The number of hydrogen-bond acceptors (Lipinski definition) is 5. The first-order valence-electron chi connectivity index (χ1n) is 5.18. The molecule has 0 atom stereocenters. The Morgan fingerprint density at radius 1 is 1.40 bits per heavy atom. The number of nitrogens with two attached hydrogens (primary N) is 1. The Bertz CT molecular complexity index is 303. The van der Waals surface area contributed by atoms with Gasteiger partial charge >= 0.3 is 0 Å². The van der Waals surface area contributed by atoms with Gasteiger partial charge < -0.3 is 15.8 Å². The van der Waals surface area contributed by atoms with Crippen molar-refractivity contribution in [1.82, 2.24) is 9.97 Å². The summed E-state index contributed by atoms with van der Waals surface area (Å²) in [5, 5.41) is 3.18. The van der Waals surface area contributed by atoms with Gasteiger partial charge in [0.2, 0.25) is 5.75 Å². The highest BCUT2D eigenvalue weighted by Crippen LogP contribution is 2.25. The van der Waals surface area contributed by atoms with E-state index in [9.17, 15) is 0 Å². The minimum absolute atomic E-state index is 0.366. The second-order valence-electron chi connectivity index (χ2n) is 3.27. The fourth-order valence-corrected chi connectivity index (χ4v) is 1.30. The lowest BCUT2D eigenvalue weighted by molar-refractivity contribution is 0.415. The number of aromatic nitrogens is 2. The molecule has 0 aliphatic carbocycles. The molecule has 1 aromatic rings. The van der Waals surface area contributed by atoms with Crippen molar-refractivity contribution < 1.29 is 4.74 Å². The zero-order chi connectivity index (χ0) is 11.1. The molecule has 0 fully saturated rings. The molecule has 0 aliphatic heterocycles. The molecule has 0 bridgehead atoms. The lowest BCUT2D eigenvalue weighted by Crippen LogP contribution is -2.07. The summed E-state index contributed by atoms with van der Waals surface area (Å²) < 4.78 is 5.12. The van der Waals surface area contributed by atoms with E-state index in [1.165, 1.54) is 19.2 Å². The molecule has 5 nitrogen and oxygen atoms in total. The van der Waals surface area contributed by atoms with Gasteiger partial charge in [-0.05, 0) is 6.42 Å². The SMILES string of the molecule is CCCCCNc1ncnc(N)c1OC. The van der Waals surface area contributed by atoms with Crippen LogP contribution < -0.4 is 15.8 Å². The summed E-state index contributed by atoms with van der Waals surface area (Å²) in [6.07, 6.45) is 4.95. The number of nitrogens with zero attached hydrogens (tertiary/aromatic N) is 2. The molecule has 0 saturated carbocycles. The van der Waals surface area contributed by atoms with Crippen LogP contribution in [0.3, 0.4) is 0 Å². The van der Waals surface area contributed by atoms with Crippen LogP contribution in [0.4, 0.5) is 11.6 Å². The van der Waals surface area contributed by atoms with Gasteiger partial charge in [-0.3, -0.25) is 0 Å². The maximum atomic E-state index is 5.65. The number of unbranched alkanes of at least 4 members (excludes halogenated alkanes) is 2. The second-order valence-corrected chi connectivity index (χ2v) is 3.27. The Morgan fingerprint density at radius 2 is 2.20 bits per heavy atom. The van der Waals surface area contributed by atoms with Gasteiger partial charge in [0.05, 0.1) is 7.11 Å². The predicted molar refractivity (Wildman–Crippen MR) is 61.0 cm³/mol. The van der Waals surface area contributed by atoms with Crippen LogP contribution >= 0.6 is 0 Å². The molecule has 0 unspecified atom stereocenters. The predicted octanol–water partition coefficient (Wildman–Crippen LogP) is 1.67. The summed E-state index contributed by atoms with van der Waals surface area (Å²) in [4.78, 5) is 7.94. The lowest BCUT2D eigenvalue weighted by atomic mass is 10.2. The van der Waals surface area contributed by atoms with Crippen molar-refractivity contribution in [3.63, 3.8) is 0 Å². The van der Waals surface area contributed by atoms with E-state index in [4.69, 9.17) is 10.5 Å². The van der Waals surface area contributed by atoms with Gasteiger partial charge in [0.1, 0.15) is 6.33 Å². The number of methoxy groups -OCH3 is 1. The van der Waals surface area contributed by atoms with Crippen molar-refractivity contribution in [3.05, 3.63) is 6.33 Å². The first kappa shape index (κ1) is 11.6. The lowest BCUT2D eigenvalue weighted by Gasteiger charge is -2.10. The summed E-state index contributed by atoms with van der Waals surface area (Å²) in [5.74, 6) is 1.56. The minimum Gasteiger partial charge on any atom is -0.490 e. The van der Waals surface area contributed by atoms with E-state index in [2.05, 4.69) is 22.2 Å². The zero-order valence-corrected chi connectivity index (χ0v) is 9.29. The molecule has 0 saturated heterocycles. The van der Waals surface area contributed by atoms with Crippen LogP contribution in [0.25, 0.3) is 0 Å². The van der Waals surface area contributed by atoms with Gasteiger partial charge in [-0.15, -0.1) is 0 Å². The van der Waals surface area contributed by atoms with Gasteiger partial charge in [-0.25, -0.2) is 9.97 Å². The van der Waals surface area contributed by atoms with Crippen molar-refractivity contribution in [2.75, 3.05) is 24.7 Å². The average molecular weight is 210 g/mol. The van der Waals surface area contributed by atoms with E-state index in [0.29, 0.717) is 17.4 Å². The van der Waals surface area contributed by atoms with Crippen LogP contribution in [0.5, 0.6) is 5.75 Å². The third kappa shape index (κ3) is 3.27. The Labute approximate surface area is 90.1 Å². The van der Waals surface area contributed by atoms with E-state index >= 15 is 0 Å². The Balaban J connectivity index is 2.56. The van der Waals surface area contributed by atoms with E-state index in [0.717, 1.165) is 13.0 Å². The van der Waals surface area contributed by atoms with E-state index in [1.807, 2.05) is 0 Å². The van der Waals surface area contributed by atoms with Crippen molar-refractivity contribution >= 4 is 11.6 Å². The molecule has 84 valence electrons. The number of ether oxygens (including phenoxy) is 1. The van der Waals surface area contributed by atoms with Gasteiger partial charge in [-0.2, -0.15) is 0 Å². The van der Waals surface area contributed by atoms with Crippen molar-refractivity contribution in [2.45, 2.75) is 26.2 Å². The molecular formula is C10H18N4O. The van der Waals surface area contributed by atoms with Crippen LogP contribution in [-0.2, 0) is 0 Å². The molecule has 0 spiro atoms. The molecular weight excluding hydrogens is 192 g/mol. The highest BCUT2D eigenvalue weighted by Gasteiger charge is 2.07. The minimum atomic E-state index is 0.366. The van der Waals surface area contributed by atoms with Crippen molar-refractivity contribution in [3.8, 4) is 5.75 Å². The fraction of sp³-hybridized carbons (Fsp3) is 0.600. The maximum Gasteiger partial charge on any atom is 0.203 e. The smallest absolute Gasteiger partial charge is 0.203 e. The maximum absolute atomic E-state index is 5.65. The third-order valence-electron chi connectivity index (χ3n) is 2.11. The van der Waals surface area contributed by atoms with Gasteiger partial charge in [0.15, 0.2) is 11.6 Å². The number of hydrogen-bond donors (Lipinski definition) is 2. The molecule has 0 amide bonds. The van der Waals surface area contributed by atoms with Gasteiger partial charge in [0, 0.05) is 6.54 Å². The normalized spacial score (nSPS) is 10.0. The van der Waals surface area contributed by atoms with E-state index in [-0.39, 0.29) is 0 Å². The van der Waals surface area contributed by atoms with Crippen molar-refractivity contribution in [1.29, 1.82) is 0 Å². The highest BCUT2D eigenvalue weighted by atomic mass is 16.5. The second kappa shape index (κ2) is 6.06. The molecule has 0 aliphatic rings. The first-order valence-corrected chi connectivity index (χ1v) is 5.18. The van der Waals surface area contributed by atoms with Crippen molar-refractivity contribution in [2.24, 2.45) is 0 Å². The molecule has 5 heteroatoms. The number of nitrogens with one attached hydrogen (secondary N) is 1.